The van der Waals surface area contributed by atoms with Gasteiger partial charge in [-0.1, -0.05) is 49.6 Å². The van der Waals surface area contributed by atoms with E-state index in [0.717, 1.165) is 12.0 Å². The zero-order valence-electron chi connectivity index (χ0n) is 17.1. The Morgan fingerprint density at radius 3 is 2.62 bits per heavy atom. The van der Waals surface area contributed by atoms with Gasteiger partial charge in [0.25, 0.3) is 0 Å². The summed E-state index contributed by atoms with van der Waals surface area (Å²) in [4.78, 5) is 37.2. The quantitative estimate of drug-likeness (QED) is 0.373. The number of hydrogen-bond acceptors (Lipinski definition) is 5. The average Bonchev–Trinajstić information content (AvgIpc) is 2.96. The minimum Gasteiger partial charge on any atom is -0.464 e. The molecule has 0 N–H and O–H groups in total. The summed E-state index contributed by atoms with van der Waals surface area (Å²) in [6, 6.07) is 0. The molecular formula is C23H23ClO5. The Labute approximate surface area is 175 Å². The Bertz CT molecular complexity index is 1000. The fourth-order valence-electron chi connectivity index (χ4n) is 3.57. The van der Waals surface area contributed by atoms with Gasteiger partial charge >= 0.3 is 5.97 Å². The third-order valence-electron chi connectivity index (χ3n) is 5.31. The summed E-state index contributed by atoms with van der Waals surface area (Å²) in [6.45, 7) is 8.98. The van der Waals surface area contributed by atoms with Gasteiger partial charge < -0.3 is 9.47 Å². The average molecular weight is 415 g/mol. The number of rotatable bonds is 5. The van der Waals surface area contributed by atoms with Gasteiger partial charge in [0.05, 0.1) is 11.3 Å². The highest BCUT2D eigenvalue weighted by Crippen LogP contribution is 2.49. The lowest BCUT2D eigenvalue weighted by atomic mass is 9.75. The minimum atomic E-state index is -1.62. The summed E-state index contributed by atoms with van der Waals surface area (Å²) >= 11 is 6.34. The topological polar surface area (TPSA) is 69.7 Å². The van der Waals surface area contributed by atoms with Crippen molar-refractivity contribution < 1.29 is 23.9 Å². The summed E-state index contributed by atoms with van der Waals surface area (Å²) < 4.78 is 11.0. The van der Waals surface area contributed by atoms with Crippen molar-refractivity contribution in [2.45, 2.75) is 46.6 Å². The van der Waals surface area contributed by atoms with Gasteiger partial charge in [0.15, 0.2) is 11.4 Å². The standard InChI is InChI=1S/C23H23ClO5/c1-6-12(2)9-13(3)7-8-15-10-16-17(11-28-15)19-18(14(4)25)22(27)29-23(19,5)21(26)20(16)24/h7-12H,6H2,1-5H3/b8-7+,13-9+/t12-,23-/m1/s1. The lowest BCUT2D eigenvalue weighted by molar-refractivity contribution is -0.153. The van der Waals surface area contributed by atoms with Crippen LogP contribution in [0.1, 0.15) is 41.0 Å². The molecule has 0 saturated carbocycles. The van der Waals surface area contributed by atoms with E-state index in [1.54, 1.807) is 12.2 Å². The first kappa shape index (κ1) is 21.1. The van der Waals surface area contributed by atoms with E-state index in [-0.39, 0.29) is 16.2 Å². The third-order valence-corrected chi connectivity index (χ3v) is 5.69. The van der Waals surface area contributed by atoms with Crippen LogP contribution in [0.5, 0.6) is 0 Å². The summed E-state index contributed by atoms with van der Waals surface area (Å²) in [7, 11) is 0. The van der Waals surface area contributed by atoms with E-state index in [0.29, 0.717) is 22.8 Å². The van der Waals surface area contributed by atoms with Crippen molar-refractivity contribution in [2.75, 3.05) is 0 Å². The van der Waals surface area contributed by atoms with Crippen LogP contribution < -0.4 is 0 Å². The summed E-state index contributed by atoms with van der Waals surface area (Å²) in [5.74, 6) is -0.892. The first-order valence-electron chi connectivity index (χ1n) is 9.49. The van der Waals surface area contributed by atoms with E-state index in [1.165, 1.54) is 20.1 Å². The molecule has 2 heterocycles. The highest BCUT2D eigenvalue weighted by Gasteiger charge is 2.56. The van der Waals surface area contributed by atoms with Crippen molar-refractivity contribution >= 4 is 29.1 Å². The second kappa shape index (κ2) is 7.64. The SMILES string of the molecule is CC[C@@H](C)/C=C(C)/C=C/C1=CC2=C(Cl)C(=O)[C@]3(C)OC(=O)C(C(C)=O)=C3C2=CO1. The molecule has 0 fully saturated rings. The molecule has 1 aliphatic carbocycles. The van der Waals surface area contributed by atoms with Gasteiger partial charge in [-0.25, -0.2) is 4.79 Å². The first-order chi connectivity index (χ1) is 13.6. The molecule has 3 rings (SSSR count). The van der Waals surface area contributed by atoms with Crippen LogP contribution in [0.2, 0.25) is 0 Å². The molecule has 3 aliphatic rings. The van der Waals surface area contributed by atoms with Crippen molar-refractivity contribution in [3.05, 3.63) is 69.2 Å². The molecule has 0 bridgehead atoms. The van der Waals surface area contributed by atoms with E-state index in [9.17, 15) is 14.4 Å². The second-order valence-electron chi connectivity index (χ2n) is 7.61. The number of allylic oxidation sites excluding steroid dienone is 6. The third kappa shape index (κ3) is 3.55. The Kier molecular flexibility index (Phi) is 5.54. The Morgan fingerprint density at radius 2 is 2.00 bits per heavy atom. The van der Waals surface area contributed by atoms with Crippen molar-refractivity contribution in [3.63, 3.8) is 0 Å². The Balaban J connectivity index is 2.04. The molecule has 2 atom stereocenters. The number of esters is 1. The summed E-state index contributed by atoms with van der Waals surface area (Å²) in [5.41, 5.74) is 0.365. The molecule has 5 nitrogen and oxygen atoms in total. The van der Waals surface area contributed by atoms with Gasteiger partial charge in [0.1, 0.15) is 11.3 Å². The highest BCUT2D eigenvalue weighted by atomic mass is 35.5. The number of halogens is 1. The molecule has 0 aromatic carbocycles. The molecule has 152 valence electrons. The first-order valence-corrected chi connectivity index (χ1v) is 9.87. The second-order valence-corrected chi connectivity index (χ2v) is 7.99. The van der Waals surface area contributed by atoms with E-state index in [4.69, 9.17) is 21.1 Å². The fourth-order valence-corrected chi connectivity index (χ4v) is 3.91. The predicted octanol–water partition coefficient (Wildman–Crippen LogP) is 4.61. The van der Waals surface area contributed by atoms with E-state index in [2.05, 4.69) is 19.9 Å². The molecule has 6 heteroatoms. The van der Waals surface area contributed by atoms with Crippen molar-refractivity contribution in [2.24, 2.45) is 5.92 Å². The van der Waals surface area contributed by atoms with Crippen molar-refractivity contribution in [1.82, 2.24) is 0 Å². The van der Waals surface area contributed by atoms with Crippen LogP contribution in [0.15, 0.2) is 69.2 Å². The zero-order chi connectivity index (χ0) is 21.5. The van der Waals surface area contributed by atoms with Crippen LogP contribution in [0, 0.1) is 5.92 Å². The molecule has 2 aliphatic heterocycles. The molecule has 29 heavy (non-hydrogen) atoms. The normalized spacial score (nSPS) is 25.4. The van der Waals surface area contributed by atoms with Gasteiger partial charge in [-0.3, -0.25) is 9.59 Å². The number of carbonyl (C=O) groups excluding carboxylic acids is 3. The zero-order valence-corrected chi connectivity index (χ0v) is 17.8. The number of fused-ring (bicyclic) bond motifs is 3. The highest BCUT2D eigenvalue weighted by molar-refractivity contribution is 6.46. The molecule has 0 unspecified atom stereocenters. The maximum absolute atomic E-state index is 12.9. The molecule has 0 saturated heterocycles. The van der Waals surface area contributed by atoms with Crippen LogP contribution in [-0.4, -0.2) is 23.1 Å². The van der Waals surface area contributed by atoms with Crippen LogP contribution in [0.25, 0.3) is 0 Å². The number of ether oxygens (including phenoxy) is 2. The van der Waals surface area contributed by atoms with Crippen molar-refractivity contribution in [3.8, 4) is 0 Å². The number of Topliss-reactive ketones (excluding diaryl/α,β-unsaturated/α-hetero) is 2. The largest absolute Gasteiger partial charge is 0.464 e. The lowest BCUT2D eigenvalue weighted by Crippen LogP contribution is -2.42. The number of ketones is 2. The van der Waals surface area contributed by atoms with E-state index >= 15 is 0 Å². The molecule has 0 amide bonds. The van der Waals surface area contributed by atoms with Crippen LogP contribution in [0.3, 0.4) is 0 Å². The summed E-state index contributed by atoms with van der Waals surface area (Å²) in [5, 5.41) is -0.0545. The van der Waals surface area contributed by atoms with Crippen LogP contribution in [-0.2, 0) is 23.9 Å². The smallest absolute Gasteiger partial charge is 0.343 e. The molecule has 0 spiro atoms. The molecule has 0 radical (unpaired) electrons. The van der Waals surface area contributed by atoms with Crippen molar-refractivity contribution in [1.29, 1.82) is 0 Å². The summed E-state index contributed by atoms with van der Waals surface area (Å²) in [6.07, 6.45) is 9.96. The number of hydrogen-bond donors (Lipinski definition) is 0. The molecule has 0 aromatic heterocycles. The van der Waals surface area contributed by atoms with Crippen LogP contribution >= 0.6 is 11.6 Å². The molecule has 0 aromatic rings. The maximum atomic E-state index is 12.9. The molecular weight excluding hydrogens is 392 g/mol. The van der Waals surface area contributed by atoms with E-state index in [1.807, 2.05) is 13.0 Å². The Morgan fingerprint density at radius 1 is 1.31 bits per heavy atom. The van der Waals surface area contributed by atoms with Gasteiger partial charge in [-0.05, 0) is 38.8 Å². The number of carbonyl (C=O) groups is 3. The van der Waals surface area contributed by atoms with Gasteiger partial charge in [-0.2, -0.15) is 0 Å². The lowest BCUT2D eigenvalue weighted by Gasteiger charge is -2.32. The van der Waals surface area contributed by atoms with Gasteiger partial charge in [-0.15, -0.1) is 0 Å². The fraction of sp³-hybridized carbons (Fsp3) is 0.348. The maximum Gasteiger partial charge on any atom is 0.343 e. The Hall–Kier alpha value is -2.66. The van der Waals surface area contributed by atoms with Crippen LogP contribution in [0.4, 0.5) is 0 Å². The van der Waals surface area contributed by atoms with Gasteiger partial charge in [0, 0.05) is 16.7 Å². The van der Waals surface area contributed by atoms with E-state index < -0.39 is 23.1 Å². The monoisotopic (exact) mass is 414 g/mol. The predicted molar refractivity (Wildman–Crippen MR) is 110 cm³/mol. The minimum absolute atomic E-state index is 0.0545. The van der Waals surface area contributed by atoms with Gasteiger partial charge in [0.2, 0.25) is 5.78 Å².